The van der Waals surface area contributed by atoms with Gasteiger partial charge in [0.1, 0.15) is 0 Å². The number of allylic oxidation sites excluding steroid dienone is 1. The average Bonchev–Trinajstić information content (AvgIpc) is 3.37. The number of hydrazine groups is 1. The first-order valence-electron chi connectivity index (χ1n) is 11.3. The van der Waals surface area contributed by atoms with Crippen LogP contribution in [0.15, 0.2) is 59.8 Å². The Labute approximate surface area is 198 Å². The quantitative estimate of drug-likeness (QED) is 0.452. The van der Waals surface area contributed by atoms with E-state index in [2.05, 4.69) is 58.2 Å². The summed E-state index contributed by atoms with van der Waals surface area (Å²) in [4.78, 5) is 7.46. The molecule has 1 saturated heterocycles. The van der Waals surface area contributed by atoms with Gasteiger partial charge in [-0.2, -0.15) is 0 Å². The Bertz CT molecular complexity index is 1080. The third-order valence-electron chi connectivity index (χ3n) is 6.26. The van der Waals surface area contributed by atoms with Crippen molar-refractivity contribution >= 4 is 38.3 Å². The van der Waals surface area contributed by atoms with Crippen molar-refractivity contribution in [1.29, 1.82) is 0 Å². The van der Waals surface area contributed by atoms with Crippen molar-refractivity contribution in [2.24, 2.45) is 0 Å². The van der Waals surface area contributed by atoms with Crippen LogP contribution >= 0.6 is 22.9 Å². The van der Waals surface area contributed by atoms with E-state index in [0.29, 0.717) is 0 Å². The van der Waals surface area contributed by atoms with E-state index in [1.807, 2.05) is 12.1 Å². The highest BCUT2D eigenvalue weighted by Crippen LogP contribution is 2.37. The monoisotopic (exact) mass is 468 g/mol. The van der Waals surface area contributed by atoms with Crippen molar-refractivity contribution in [3.05, 3.63) is 70.4 Å². The number of para-hydroxylation sites is 1. The van der Waals surface area contributed by atoms with Crippen LogP contribution < -0.4 is 5.01 Å². The molecule has 5 rings (SSSR count). The number of aromatic nitrogens is 1. The summed E-state index contributed by atoms with van der Waals surface area (Å²) < 4.78 is 6.72. The number of benzene rings is 2. The SMILES string of the molecule is CC1=C(CCCN2CCOCC2)N(Cc2ccccc2Cl)N(c2nc3ccccc3s2)C1. The van der Waals surface area contributed by atoms with Gasteiger partial charge in [-0.25, -0.2) is 4.98 Å². The normalized spacial score (nSPS) is 17.7. The van der Waals surface area contributed by atoms with Crippen LogP contribution in [0.3, 0.4) is 0 Å². The van der Waals surface area contributed by atoms with Gasteiger partial charge in [-0.3, -0.25) is 14.9 Å². The Morgan fingerprint density at radius 3 is 2.66 bits per heavy atom. The maximum absolute atomic E-state index is 6.56. The fraction of sp³-hybridized carbons (Fsp3) is 0.400. The first kappa shape index (κ1) is 21.7. The molecule has 0 radical (unpaired) electrons. The van der Waals surface area contributed by atoms with Gasteiger partial charge in [-0.15, -0.1) is 0 Å². The average molecular weight is 469 g/mol. The number of fused-ring (bicyclic) bond motifs is 1. The summed E-state index contributed by atoms with van der Waals surface area (Å²) in [6.45, 7) is 8.78. The molecular formula is C25H29ClN4OS. The van der Waals surface area contributed by atoms with Crippen LogP contribution in [-0.4, -0.2) is 54.3 Å². The Morgan fingerprint density at radius 2 is 1.84 bits per heavy atom. The molecule has 3 heterocycles. The molecule has 168 valence electrons. The fourth-order valence-corrected chi connectivity index (χ4v) is 5.68. The van der Waals surface area contributed by atoms with E-state index in [1.165, 1.54) is 16.0 Å². The van der Waals surface area contributed by atoms with Gasteiger partial charge >= 0.3 is 0 Å². The van der Waals surface area contributed by atoms with Crippen LogP contribution in [0, 0.1) is 0 Å². The molecule has 2 aromatic carbocycles. The second kappa shape index (κ2) is 9.79. The van der Waals surface area contributed by atoms with Crippen LogP contribution in [0.4, 0.5) is 5.13 Å². The number of halogens is 1. The molecular weight excluding hydrogens is 440 g/mol. The van der Waals surface area contributed by atoms with Gasteiger partial charge in [0.2, 0.25) is 5.13 Å². The zero-order chi connectivity index (χ0) is 21.9. The topological polar surface area (TPSA) is 31.8 Å². The highest BCUT2D eigenvalue weighted by molar-refractivity contribution is 7.22. The standard InChI is InChI=1S/C25H29ClN4OS/c1-19-17-30(25-27-22-9-4-5-11-24(22)32-25)29(18-20-7-2-3-8-21(20)26)23(19)10-6-12-28-13-15-31-16-14-28/h2-5,7-9,11H,6,10,12-18H2,1H3. The van der Waals surface area contributed by atoms with E-state index in [4.69, 9.17) is 21.3 Å². The van der Waals surface area contributed by atoms with E-state index in [0.717, 1.165) is 80.0 Å². The molecule has 5 nitrogen and oxygen atoms in total. The lowest BCUT2D eigenvalue weighted by molar-refractivity contribution is 0.0372. The number of thiazole rings is 1. The van der Waals surface area contributed by atoms with Gasteiger partial charge in [-0.05, 0) is 55.6 Å². The molecule has 2 aliphatic heterocycles. The maximum atomic E-state index is 6.56. The summed E-state index contributed by atoms with van der Waals surface area (Å²) in [5.41, 5.74) is 5.01. The number of hydrogen-bond donors (Lipinski definition) is 0. The molecule has 0 unspecified atom stereocenters. The minimum Gasteiger partial charge on any atom is -0.379 e. The smallest absolute Gasteiger partial charge is 0.205 e. The van der Waals surface area contributed by atoms with Crippen LogP contribution in [0.2, 0.25) is 5.02 Å². The van der Waals surface area contributed by atoms with Gasteiger partial charge in [0.25, 0.3) is 0 Å². The lowest BCUT2D eigenvalue weighted by Gasteiger charge is -2.33. The van der Waals surface area contributed by atoms with Crippen LogP contribution in [0.1, 0.15) is 25.3 Å². The van der Waals surface area contributed by atoms with Crippen molar-refractivity contribution in [2.45, 2.75) is 26.3 Å². The zero-order valence-corrected chi connectivity index (χ0v) is 20.0. The summed E-state index contributed by atoms with van der Waals surface area (Å²) in [5, 5.41) is 6.61. The summed E-state index contributed by atoms with van der Waals surface area (Å²) >= 11 is 8.31. The van der Waals surface area contributed by atoms with Crippen molar-refractivity contribution in [2.75, 3.05) is 44.4 Å². The van der Waals surface area contributed by atoms with Gasteiger partial charge in [0.05, 0.1) is 36.5 Å². The van der Waals surface area contributed by atoms with Crippen molar-refractivity contribution in [1.82, 2.24) is 14.9 Å². The highest BCUT2D eigenvalue weighted by Gasteiger charge is 2.30. The van der Waals surface area contributed by atoms with Crippen LogP contribution in [-0.2, 0) is 11.3 Å². The highest BCUT2D eigenvalue weighted by atomic mass is 35.5. The number of morpholine rings is 1. The second-order valence-electron chi connectivity index (χ2n) is 8.46. The Balaban J connectivity index is 1.38. The van der Waals surface area contributed by atoms with Crippen molar-refractivity contribution in [3.63, 3.8) is 0 Å². The van der Waals surface area contributed by atoms with E-state index >= 15 is 0 Å². The summed E-state index contributed by atoms with van der Waals surface area (Å²) in [6, 6.07) is 16.5. The number of rotatable bonds is 7. The molecule has 0 aliphatic carbocycles. The first-order chi connectivity index (χ1) is 15.7. The Hall–Kier alpha value is -2.12. The summed E-state index contributed by atoms with van der Waals surface area (Å²) in [7, 11) is 0. The molecule has 32 heavy (non-hydrogen) atoms. The van der Waals surface area contributed by atoms with Crippen molar-refractivity contribution < 1.29 is 4.74 Å². The summed E-state index contributed by atoms with van der Waals surface area (Å²) in [5.74, 6) is 0. The van der Waals surface area contributed by atoms with Gasteiger partial charge in [0.15, 0.2) is 0 Å². The van der Waals surface area contributed by atoms with E-state index < -0.39 is 0 Å². The molecule has 0 N–H and O–H groups in total. The number of nitrogens with zero attached hydrogens (tertiary/aromatic N) is 4. The molecule has 3 aromatic rings. The Kier molecular flexibility index (Phi) is 6.64. The number of ether oxygens (including phenoxy) is 1. The van der Waals surface area contributed by atoms with Gasteiger partial charge < -0.3 is 4.74 Å². The second-order valence-corrected chi connectivity index (χ2v) is 9.87. The molecule has 1 aromatic heterocycles. The largest absolute Gasteiger partial charge is 0.379 e. The molecule has 1 fully saturated rings. The zero-order valence-electron chi connectivity index (χ0n) is 18.5. The van der Waals surface area contributed by atoms with Crippen LogP contribution in [0.5, 0.6) is 0 Å². The Morgan fingerprint density at radius 1 is 1.06 bits per heavy atom. The lowest BCUT2D eigenvalue weighted by atomic mass is 10.1. The minimum atomic E-state index is 0.750. The molecule has 0 amide bonds. The van der Waals surface area contributed by atoms with Crippen LogP contribution in [0.25, 0.3) is 10.2 Å². The van der Waals surface area contributed by atoms with Gasteiger partial charge in [0, 0.05) is 23.8 Å². The number of anilines is 1. The molecule has 0 spiro atoms. The lowest BCUT2D eigenvalue weighted by Crippen LogP contribution is -2.38. The molecule has 7 heteroatoms. The third kappa shape index (κ3) is 4.64. The molecule has 0 bridgehead atoms. The van der Waals surface area contributed by atoms with E-state index in [1.54, 1.807) is 11.3 Å². The van der Waals surface area contributed by atoms with E-state index in [9.17, 15) is 0 Å². The molecule has 2 aliphatic rings. The number of hydrogen-bond acceptors (Lipinski definition) is 6. The molecule has 0 atom stereocenters. The minimum absolute atomic E-state index is 0.750. The van der Waals surface area contributed by atoms with Crippen molar-refractivity contribution in [3.8, 4) is 0 Å². The first-order valence-corrected chi connectivity index (χ1v) is 12.5. The summed E-state index contributed by atoms with van der Waals surface area (Å²) in [6.07, 6.45) is 2.19. The van der Waals surface area contributed by atoms with Gasteiger partial charge in [-0.1, -0.05) is 53.3 Å². The molecule has 0 saturated carbocycles. The predicted octanol–water partition coefficient (Wildman–Crippen LogP) is 5.57. The maximum Gasteiger partial charge on any atom is 0.205 e. The third-order valence-corrected chi connectivity index (χ3v) is 7.67. The fourth-order valence-electron chi connectivity index (χ4n) is 4.51. The predicted molar refractivity (Wildman–Crippen MR) is 133 cm³/mol. The van der Waals surface area contributed by atoms with E-state index in [-0.39, 0.29) is 0 Å².